The number of anilines is 2. The quantitative estimate of drug-likeness (QED) is 0.0109. The van der Waals surface area contributed by atoms with E-state index >= 15 is 0 Å². The van der Waals surface area contributed by atoms with E-state index in [2.05, 4.69) is 174 Å². The number of carboxylic acid groups (broad SMARTS) is 1. The van der Waals surface area contributed by atoms with E-state index in [1.54, 1.807) is 89.4 Å². The Kier molecular flexibility index (Phi) is 36.2. The van der Waals surface area contributed by atoms with Crippen molar-refractivity contribution in [2.45, 2.75) is 95.8 Å². The predicted molar refractivity (Wildman–Crippen MR) is 526 cm³/mol. The van der Waals surface area contributed by atoms with Gasteiger partial charge in [0.25, 0.3) is 0 Å². The first-order chi connectivity index (χ1) is 72.6. The summed E-state index contributed by atoms with van der Waals surface area (Å²) in [6.45, 7) is 9.88. The first-order valence-corrected chi connectivity index (χ1v) is 43.1. The van der Waals surface area contributed by atoms with Crippen molar-refractivity contribution in [2.24, 2.45) is 19.9 Å². The minimum atomic E-state index is -2.68. The molecule has 18 rings (SSSR count). The van der Waals surface area contributed by atoms with Gasteiger partial charge in [0, 0.05) is 115 Å². The second-order valence-corrected chi connectivity index (χ2v) is 28.7. The number of hydrazine groups is 1. The molecule has 1 radical (unpaired) electrons. The van der Waals surface area contributed by atoms with E-state index in [0.29, 0.717) is 59.7 Å². The average molecular weight is 2050 g/mol. The van der Waals surface area contributed by atoms with Gasteiger partial charge < -0.3 is 58.7 Å². The zero-order valence-electron chi connectivity index (χ0n) is 93.0. The number of halogens is 8. The molecule has 0 amide bonds. The van der Waals surface area contributed by atoms with Crippen LogP contribution < -0.4 is 21.3 Å². The number of aryl methyl sites for hydroxylation is 6. The average Bonchev–Trinajstić information content (AvgIpc) is 1.59. The highest BCUT2D eigenvalue weighted by molar-refractivity contribution is 7.60. The maximum absolute atomic E-state index is 12.2. The number of alkyl halides is 2. The number of nitrogen functional groups attached to an aromatic ring is 1. The monoisotopic (exact) mass is 2040 g/mol. The standard InChI is InChI=1S/C17H14N8O2.C14H11ClN4O2.C13H8ClN5O.C8H4Cl2N2.C8H7ClN4.2C6H15N.C5H5NO3.C4H7N3O.C2H6O.CH3BOP.CH2Cl2.ClH/c1-10-7-14(22-27-10)16-20-19-15-12-5-3-4-6-13(12)17(21-25(15)16)26-9-11-8-24(2)23-18-11;1-8-6-11(19-21-8)12(20)7-16-14-10-5-3-2-4-9(10)13(15)17-18-14;1-7-6-10(18-20-7)13-16-15-12-9-5-3-2-4-8(9)11(14)17-19(12)13;9-7-5-3-1-2-4-6(5)8(10)12-11-7;9-7-5-3-1-2-4-6(5)8(11-10)13-12-7;2*1-4-7(5-2)6-3;1-3-2-4(5(7)8)6-9-3;1-7-2-4(3-8)5-6-7;1-2-3;1-2-4-3;2-1-3;/h3-8H,9H2,1-2H3;2-6H,7H2,1H3,(H,16,18);2-6H,1H3;1-4H;1-4H,10H2,(H,11,13);2*4-6H2,1-3H3;2H,1H3,(H,7,8);2,8H,3H2,1H3;3H,2H2,1H3;1H3;1H2;1H/i1D3,7D,9D2;2*1D3,6D;;;;;1D3,2D;3D2;;;;. The van der Waals surface area contributed by atoms with Crippen LogP contribution in [-0.4, -0.2) is 222 Å². The zero-order valence-corrected chi connectivity index (χ0v) is 80.0. The van der Waals surface area contributed by atoms with Gasteiger partial charge in [-0.3, -0.25) is 18.7 Å². The minimum absolute atomic E-state index is 0. The van der Waals surface area contributed by atoms with Crippen LogP contribution in [0.2, 0.25) is 32.6 Å². The largest absolute Gasteiger partial charge is 0.476 e. The Labute approximate surface area is 846 Å². The van der Waals surface area contributed by atoms with E-state index in [4.69, 9.17) is 144 Å². The van der Waals surface area contributed by atoms with Gasteiger partial charge in [-0.2, -0.15) is 14.1 Å². The lowest BCUT2D eigenvalue weighted by Crippen LogP contribution is -2.21. The number of aromatic nitrogens is 24. The van der Waals surface area contributed by atoms with Crippen LogP contribution >= 0.6 is 102 Å². The number of carboxylic acids is 1. The summed E-state index contributed by atoms with van der Waals surface area (Å²) in [7, 11) is 3.32. The van der Waals surface area contributed by atoms with Gasteiger partial charge in [0.2, 0.25) is 30.3 Å². The second kappa shape index (κ2) is 58.8. The molecule has 0 aliphatic heterocycles. The molecule has 713 valence electrons. The Morgan fingerprint density at radius 2 is 0.852 bits per heavy atom. The van der Waals surface area contributed by atoms with Crippen molar-refractivity contribution in [2.75, 3.05) is 68.5 Å². The molecular weight excluding hydrogens is 1930 g/mol. The predicted octanol–water partition coefficient (Wildman–Crippen LogP) is 17.7. The number of hydrogen-bond acceptors (Lipinski definition) is 35. The molecule has 135 heavy (non-hydrogen) atoms. The lowest BCUT2D eigenvalue weighted by atomic mass is 10.2. The number of aromatic carboxylic acids is 1. The molecule has 0 spiro atoms. The number of Topliss-reactive ketones (excluding diaryl/α,β-unsaturated/α-hetero) is 1. The second-order valence-electron chi connectivity index (χ2n) is 25.4. The van der Waals surface area contributed by atoms with E-state index in [1.807, 2.05) is 66.7 Å². The van der Waals surface area contributed by atoms with Gasteiger partial charge in [-0.05, 0) is 79.7 Å². The van der Waals surface area contributed by atoms with Gasteiger partial charge in [-0.1, -0.05) is 253 Å². The lowest BCUT2D eigenvalue weighted by Gasteiger charge is -2.13. The molecule has 13 heterocycles. The maximum atomic E-state index is 12.2. The Balaban J connectivity index is 0.000000273. The first kappa shape index (κ1) is 83.3. The van der Waals surface area contributed by atoms with Gasteiger partial charge >= 0.3 is 5.97 Å². The van der Waals surface area contributed by atoms with Crippen molar-refractivity contribution in [1.82, 2.24) is 131 Å². The summed E-state index contributed by atoms with van der Waals surface area (Å²) in [4.78, 5) is 27.3. The van der Waals surface area contributed by atoms with Crippen molar-refractivity contribution in [1.29, 1.82) is 0 Å². The summed E-state index contributed by atoms with van der Waals surface area (Å²) < 4.78 is 187. The summed E-state index contributed by atoms with van der Waals surface area (Å²) in [5, 5.41) is 112. The smallest absolute Gasteiger partial charge is 0.358 e. The van der Waals surface area contributed by atoms with Crippen molar-refractivity contribution in [3.63, 3.8) is 0 Å². The molecule has 0 atom stereocenters. The van der Waals surface area contributed by atoms with Gasteiger partial charge in [-0.25, -0.2) is 10.6 Å². The first-order valence-electron chi connectivity index (χ1n) is 49.2. The highest BCUT2D eigenvalue weighted by Crippen LogP contribution is 2.32. The van der Waals surface area contributed by atoms with Crippen LogP contribution in [0.15, 0.2) is 176 Å². The van der Waals surface area contributed by atoms with Crippen LogP contribution in [0.4, 0.5) is 11.6 Å². The molecule has 0 bridgehead atoms. The van der Waals surface area contributed by atoms with Crippen LogP contribution in [0, 0.1) is 27.4 Å². The number of carbonyl (C=O) groups is 2. The number of nitrogens with one attached hydrogen (secondary N) is 2. The molecule has 0 saturated heterocycles. The third-order valence-electron chi connectivity index (χ3n) is 17.0. The summed E-state index contributed by atoms with van der Waals surface area (Å²) in [6, 6.07) is 34.2. The van der Waals surface area contributed by atoms with Crippen molar-refractivity contribution >= 4 is 197 Å². The van der Waals surface area contributed by atoms with Gasteiger partial charge in [0.05, 0.1) is 50.1 Å². The van der Waals surface area contributed by atoms with Gasteiger partial charge in [-0.15, -0.1) is 102 Å². The number of nitrogens with two attached hydrogens (primary N) is 1. The van der Waals surface area contributed by atoms with E-state index < -0.39 is 99.1 Å². The molecular formula is C85H98BCl8N29O11P. The number of ether oxygens (including phenoxy) is 1. The molecule has 0 saturated carbocycles. The third-order valence-corrected chi connectivity index (χ3v) is 18.6. The highest BCUT2D eigenvalue weighted by Gasteiger charge is 2.22. The highest BCUT2D eigenvalue weighted by atomic mass is 35.5. The number of aliphatic hydroxyl groups is 2. The molecule has 13 aromatic heterocycles. The fourth-order valence-electron chi connectivity index (χ4n) is 10.7. The SMILES string of the molecule is CCN(CC)CC.CCN(CC)CC.CCO.C[B]P=O.Cl.ClCCl.Clc1nnc(Cl)c2ccccc12.NNc1nnc(Cl)c2ccccc12.[2H]C([2H])(O)c1cn(C)nn1.[2H]c1c(-c2nnc3c4ccccc4c(Cl)nn23)noc1C([2H])([2H])[2H].[2H]c1c(-c2nnc3c4ccccc4c(OC([2H])([2H])c4cn(C)nn4)nn23)noc1C([2H])([2H])[2H].[2H]c1c(C(=O)CNc2nnc(Cl)c3ccccc23)noc1C([2H])([2H])[2H].[2H]c1c(C(=O)O)noc1C([2H])([2H])[2H]. The van der Waals surface area contributed by atoms with Crippen molar-refractivity contribution in [3.05, 3.63) is 229 Å². The van der Waals surface area contributed by atoms with Crippen molar-refractivity contribution in [3.8, 4) is 28.9 Å². The molecule has 18 aromatic rings. The number of carbonyl (C=O) groups excluding carboxylic acids is 1. The molecule has 0 aliphatic carbocycles. The molecule has 7 N–H and O–H groups in total. The lowest BCUT2D eigenvalue weighted by molar-refractivity contribution is 0.0685. The van der Waals surface area contributed by atoms with Crippen LogP contribution in [0.25, 0.3) is 88.2 Å². The molecule has 5 aromatic carbocycles. The maximum Gasteiger partial charge on any atom is 0.358 e. The molecule has 0 fully saturated rings. The van der Waals surface area contributed by atoms with Gasteiger partial charge in [0.15, 0.2) is 71.5 Å². The minimum Gasteiger partial charge on any atom is -0.476 e. The van der Waals surface area contributed by atoms with E-state index in [-0.39, 0.29) is 107 Å². The fraction of sp³-hybridized carbons (Fsp3) is 0.294. The summed E-state index contributed by atoms with van der Waals surface area (Å²) in [6.07, 6.45) is 2.70. The van der Waals surface area contributed by atoms with E-state index in [0.717, 1.165) is 26.9 Å². The normalized spacial score (nSPS) is 13.1. The van der Waals surface area contributed by atoms with Crippen LogP contribution in [0.5, 0.6) is 5.88 Å². The summed E-state index contributed by atoms with van der Waals surface area (Å²) in [5.74, 6) is 1.53. The Morgan fingerprint density at radius 3 is 1.21 bits per heavy atom. The Hall–Kier alpha value is -12.3. The fourth-order valence-corrected chi connectivity index (χ4v) is 11.8. The molecule has 40 nitrogen and oxygen atoms in total. The molecule has 0 aliphatic rings. The Bertz CT molecular complexity index is 7580. The third kappa shape index (κ3) is 33.3. The Morgan fingerprint density at radius 1 is 0.504 bits per heavy atom. The number of aliphatic hydroxyl groups excluding tert-OH is 1. The number of rotatable bonds is 19. The zero-order chi connectivity index (χ0) is 115. The molecule has 0 unspecified atom stereocenters. The summed E-state index contributed by atoms with van der Waals surface area (Å²) in [5.41, 5.74) is 1.73. The number of fused-ring (bicyclic) bond motifs is 9. The van der Waals surface area contributed by atoms with E-state index in [9.17, 15) is 14.2 Å². The topological polar surface area (TPSA) is 507 Å². The van der Waals surface area contributed by atoms with Crippen molar-refractivity contribution < 1.29 is 79.7 Å². The number of ketones is 1. The summed E-state index contributed by atoms with van der Waals surface area (Å²) >= 11 is 39.2. The van der Waals surface area contributed by atoms with Crippen LogP contribution in [0.1, 0.15) is 131 Å². The molecule has 50 heteroatoms. The number of benzene rings is 5. The number of nitrogens with zero attached hydrogens (tertiary/aromatic N) is 26. The van der Waals surface area contributed by atoms with E-state index in [1.165, 1.54) is 70.1 Å². The number of hydrogen-bond donors (Lipinski definition) is 6. The van der Waals surface area contributed by atoms with Crippen LogP contribution in [-0.2, 0) is 31.8 Å². The van der Waals surface area contributed by atoms with Crippen LogP contribution in [0.3, 0.4) is 0 Å². The van der Waals surface area contributed by atoms with Gasteiger partial charge in [0.1, 0.15) is 41.0 Å².